The first-order valence-corrected chi connectivity index (χ1v) is 11.9. The fourth-order valence-electron chi connectivity index (χ4n) is 4.69. The van der Waals surface area contributed by atoms with E-state index in [1.165, 1.54) is 5.56 Å². The number of amides is 1. The van der Waals surface area contributed by atoms with Crippen LogP contribution in [0.4, 0.5) is 13.2 Å². The van der Waals surface area contributed by atoms with Gasteiger partial charge in [-0.05, 0) is 100 Å². The van der Waals surface area contributed by atoms with Crippen LogP contribution in [-0.4, -0.2) is 54.6 Å². The van der Waals surface area contributed by atoms with Gasteiger partial charge in [-0.15, -0.1) is 0 Å². The Morgan fingerprint density at radius 2 is 1.87 bits per heavy atom. The predicted molar refractivity (Wildman–Crippen MR) is 117 cm³/mol. The van der Waals surface area contributed by atoms with Gasteiger partial charge in [-0.2, -0.15) is 13.2 Å². The van der Waals surface area contributed by atoms with E-state index in [0.717, 1.165) is 72.6 Å². The van der Waals surface area contributed by atoms with Crippen molar-refractivity contribution < 1.29 is 18.0 Å². The van der Waals surface area contributed by atoms with Gasteiger partial charge in [0.25, 0.3) is 0 Å². The summed E-state index contributed by atoms with van der Waals surface area (Å²) in [6, 6.07) is 5.93. The maximum absolute atomic E-state index is 12.7. The van der Waals surface area contributed by atoms with Gasteiger partial charge in [0.1, 0.15) is 0 Å². The first-order chi connectivity index (χ1) is 14.2. The fourth-order valence-corrected chi connectivity index (χ4v) is 5.30. The van der Waals surface area contributed by atoms with E-state index in [2.05, 4.69) is 20.8 Å². The Morgan fingerprint density at radius 3 is 2.57 bits per heavy atom. The molecule has 2 fully saturated rings. The maximum Gasteiger partial charge on any atom is 0.471 e. The molecule has 0 radical (unpaired) electrons. The van der Waals surface area contributed by atoms with E-state index in [1.807, 2.05) is 18.2 Å². The summed E-state index contributed by atoms with van der Waals surface area (Å²) in [5, 5.41) is 0.767. The minimum absolute atomic E-state index is 0.183. The van der Waals surface area contributed by atoms with Crippen LogP contribution >= 0.6 is 27.5 Å². The number of carbonyl (C=O) groups is 1. The fraction of sp³-hybridized carbons (Fsp3) is 0.682. The number of benzene rings is 1. The highest BCUT2D eigenvalue weighted by Crippen LogP contribution is 2.29. The number of carbonyl (C=O) groups excluding carboxylic acids is 1. The van der Waals surface area contributed by atoms with Gasteiger partial charge in [0, 0.05) is 22.6 Å². The molecule has 0 N–H and O–H groups in total. The first kappa shape index (κ1) is 23.9. The second kappa shape index (κ2) is 10.7. The highest BCUT2D eigenvalue weighted by molar-refractivity contribution is 9.10. The number of alkyl halides is 3. The monoisotopic (exact) mass is 508 g/mol. The number of nitrogens with zero attached hydrogens (tertiary/aromatic N) is 2. The van der Waals surface area contributed by atoms with Gasteiger partial charge >= 0.3 is 12.1 Å². The standard InChI is InChI=1S/C22H29BrClF3N2O/c23-20-6-5-19(24)14-18(20)13-16-7-11-28(12-8-16)9-1-3-17-4-2-10-29(15-17)21(30)22(25,26)27/h5-6,14,16-17H,1-4,7-13,15H2. The van der Waals surface area contributed by atoms with E-state index in [1.54, 1.807) is 0 Å². The molecule has 2 heterocycles. The van der Waals surface area contributed by atoms with Crippen LogP contribution in [0, 0.1) is 11.8 Å². The molecule has 1 aromatic carbocycles. The zero-order valence-electron chi connectivity index (χ0n) is 17.1. The van der Waals surface area contributed by atoms with Crippen LogP contribution in [0.3, 0.4) is 0 Å². The highest BCUT2D eigenvalue weighted by Gasteiger charge is 2.43. The summed E-state index contributed by atoms with van der Waals surface area (Å²) in [5.41, 5.74) is 1.26. The highest BCUT2D eigenvalue weighted by atomic mass is 79.9. The van der Waals surface area contributed by atoms with Gasteiger partial charge in [0.2, 0.25) is 0 Å². The van der Waals surface area contributed by atoms with Gasteiger partial charge in [-0.1, -0.05) is 27.5 Å². The molecule has 168 valence electrons. The Kier molecular flexibility index (Phi) is 8.50. The van der Waals surface area contributed by atoms with Crippen LogP contribution in [-0.2, 0) is 11.2 Å². The van der Waals surface area contributed by atoms with E-state index in [9.17, 15) is 18.0 Å². The van der Waals surface area contributed by atoms with Crippen molar-refractivity contribution >= 4 is 33.4 Å². The molecule has 1 aromatic rings. The summed E-state index contributed by atoms with van der Waals surface area (Å²) >= 11 is 9.73. The molecule has 0 aromatic heterocycles. The molecular formula is C22H29BrClF3N2O. The largest absolute Gasteiger partial charge is 0.471 e. The lowest BCUT2D eigenvalue weighted by Gasteiger charge is -2.34. The lowest BCUT2D eigenvalue weighted by Crippen LogP contribution is -2.46. The van der Waals surface area contributed by atoms with Crippen LogP contribution in [0.5, 0.6) is 0 Å². The third-order valence-electron chi connectivity index (χ3n) is 6.36. The molecule has 1 amide bonds. The lowest BCUT2D eigenvalue weighted by atomic mass is 9.89. The summed E-state index contributed by atoms with van der Waals surface area (Å²) in [7, 11) is 0. The van der Waals surface area contributed by atoms with Crippen molar-refractivity contribution in [1.82, 2.24) is 9.80 Å². The third kappa shape index (κ3) is 6.86. The quantitative estimate of drug-likeness (QED) is 0.474. The van der Waals surface area contributed by atoms with Gasteiger partial charge in [0.15, 0.2) is 0 Å². The predicted octanol–water partition coefficient (Wildman–Crippen LogP) is 5.94. The Labute approximate surface area is 190 Å². The van der Waals surface area contributed by atoms with Crippen molar-refractivity contribution in [3.05, 3.63) is 33.3 Å². The van der Waals surface area contributed by atoms with Gasteiger partial charge in [0.05, 0.1) is 0 Å². The Morgan fingerprint density at radius 1 is 1.13 bits per heavy atom. The van der Waals surface area contributed by atoms with E-state index in [-0.39, 0.29) is 19.0 Å². The summed E-state index contributed by atoms with van der Waals surface area (Å²) in [6.07, 6.45) is 2.01. The second-order valence-electron chi connectivity index (χ2n) is 8.62. The number of hydrogen-bond acceptors (Lipinski definition) is 2. The molecule has 2 aliphatic rings. The Balaban J connectivity index is 1.36. The average Bonchev–Trinajstić information content (AvgIpc) is 2.71. The minimum atomic E-state index is -4.76. The Bertz CT molecular complexity index is 723. The van der Waals surface area contributed by atoms with Crippen molar-refractivity contribution in [3.8, 4) is 0 Å². The summed E-state index contributed by atoms with van der Waals surface area (Å²) in [4.78, 5) is 14.9. The van der Waals surface area contributed by atoms with Crippen molar-refractivity contribution in [2.24, 2.45) is 11.8 Å². The third-order valence-corrected chi connectivity index (χ3v) is 7.37. The second-order valence-corrected chi connectivity index (χ2v) is 9.92. The number of hydrogen-bond donors (Lipinski definition) is 0. The molecule has 2 aliphatic heterocycles. The zero-order chi connectivity index (χ0) is 21.7. The maximum atomic E-state index is 12.7. The summed E-state index contributed by atoms with van der Waals surface area (Å²) in [5.74, 6) is -0.848. The molecule has 0 bridgehead atoms. The van der Waals surface area contributed by atoms with Crippen LogP contribution in [0.15, 0.2) is 22.7 Å². The molecule has 1 unspecified atom stereocenters. The van der Waals surface area contributed by atoms with Crippen molar-refractivity contribution in [2.45, 2.75) is 51.1 Å². The Hall–Kier alpha value is -0.790. The van der Waals surface area contributed by atoms with Crippen LogP contribution in [0.2, 0.25) is 5.02 Å². The first-order valence-electron chi connectivity index (χ1n) is 10.7. The van der Waals surface area contributed by atoms with Crippen molar-refractivity contribution in [2.75, 3.05) is 32.7 Å². The van der Waals surface area contributed by atoms with E-state index >= 15 is 0 Å². The average molecular weight is 510 g/mol. The van der Waals surface area contributed by atoms with Crippen LogP contribution in [0.25, 0.3) is 0 Å². The molecule has 0 spiro atoms. The molecule has 8 heteroatoms. The number of likely N-dealkylation sites (tertiary alicyclic amines) is 2. The van der Waals surface area contributed by atoms with Gasteiger partial charge < -0.3 is 9.80 Å². The van der Waals surface area contributed by atoms with Crippen molar-refractivity contribution in [1.29, 1.82) is 0 Å². The van der Waals surface area contributed by atoms with Gasteiger partial charge in [-0.25, -0.2) is 0 Å². The molecule has 0 saturated carbocycles. The smallest absolute Gasteiger partial charge is 0.335 e. The van der Waals surface area contributed by atoms with E-state index < -0.39 is 12.1 Å². The zero-order valence-corrected chi connectivity index (χ0v) is 19.4. The normalized spacial score (nSPS) is 21.8. The molecule has 0 aliphatic carbocycles. The molecule has 2 saturated heterocycles. The van der Waals surface area contributed by atoms with Crippen LogP contribution < -0.4 is 0 Å². The van der Waals surface area contributed by atoms with E-state index in [0.29, 0.717) is 12.3 Å². The number of piperidine rings is 2. The summed E-state index contributed by atoms with van der Waals surface area (Å²) in [6.45, 7) is 3.58. The molecule has 1 atom stereocenters. The SMILES string of the molecule is O=C(N1CCCC(CCCN2CCC(Cc3cc(Cl)ccc3Br)CC2)C1)C(F)(F)F. The topological polar surface area (TPSA) is 23.6 Å². The molecule has 3 nitrogen and oxygen atoms in total. The molecule has 3 rings (SSSR count). The number of rotatable bonds is 6. The van der Waals surface area contributed by atoms with E-state index in [4.69, 9.17) is 11.6 Å². The summed E-state index contributed by atoms with van der Waals surface area (Å²) < 4.78 is 39.1. The van der Waals surface area contributed by atoms with Crippen molar-refractivity contribution in [3.63, 3.8) is 0 Å². The molecular weight excluding hydrogens is 481 g/mol. The minimum Gasteiger partial charge on any atom is -0.335 e. The van der Waals surface area contributed by atoms with Gasteiger partial charge in [-0.3, -0.25) is 4.79 Å². The van der Waals surface area contributed by atoms with Crippen LogP contribution in [0.1, 0.15) is 44.1 Å². The lowest BCUT2D eigenvalue weighted by molar-refractivity contribution is -0.187. The molecule has 30 heavy (non-hydrogen) atoms. The number of halogens is 5.